The first-order valence-electron chi connectivity index (χ1n) is 10.7. The normalized spacial score (nSPS) is 10.8. The van der Waals surface area contributed by atoms with E-state index in [1.807, 2.05) is 41.2 Å². The van der Waals surface area contributed by atoms with Gasteiger partial charge in [0.05, 0.1) is 30.1 Å². The Morgan fingerprint density at radius 1 is 0.971 bits per heavy atom. The third-order valence-electron chi connectivity index (χ3n) is 5.17. The SMILES string of the molecule is COc1cc(/C=N\NC(=O)c2ccccc2-n2cccc2)ccc1OCc1cccc(C(=O)O)c1. The molecule has 1 amide bonds. The van der Waals surface area contributed by atoms with E-state index in [0.717, 1.165) is 11.3 Å². The molecule has 1 aromatic heterocycles. The number of amides is 1. The quantitative estimate of drug-likeness (QED) is 0.277. The van der Waals surface area contributed by atoms with Crippen LogP contribution in [0.25, 0.3) is 5.69 Å². The number of benzene rings is 3. The zero-order chi connectivity index (χ0) is 24.6. The van der Waals surface area contributed by atoms with Gasteiger partial charge in [-0.3, -0.25) is 4.79 Å². The zero-order valence-corrected chi connectivity index (χ0v) is 18.9. The number of hydrazone groups is 1. The van der Waals surface area contributed by atoms with Gasteiger partial charge in [0.15, 0.2) is 11.5 Å². The molecular weight excluding hydrogens is 446 g/mol. The maximum absolute atomic E-state index is 12.7. The Labute approximate surface area is 202 Å². The molecule has 0 aliphatic heterocycles. The minimum absolute atomic E-state index is 0.182. The second-order valence-electron chi connectivity index (χ2n) is 7.51. The molecule has 0 aliphatic rings. The maximum atomic E-state index is 12.7. The monoisotopic (exact) mass is 469 g/mol. The zero-order valence-electron chi connectivity index (χ0n) is 18.9. The van der Waals surface area contributed by atoms with E-state index >= 15 is 0 Å². The lowest BCUT2D eigenvalue weighted by Gasteiger charge is -2.12. The Morgan fingerprint density at radius 3 is 2.54 bits per heavy atom. The molecule has 4 rings (SSSR count). The Bertz CT molecular complexity index is 1360. The average Bonchev–Trinajstić information content (AvgIpc) is 3.43. The largest absolute Gasteiger partial charge is 0.493 e. The summed E-state index contributed by atoms with van der Waals surface area (Å²) in [5, 5.41) is 13.2. The first-order valence-corrected chi connectivity index (χ1v) is 10.7. The topological polar surface area (TPSA) is 102 Å². The fourth-order valence-corrected chi connectivity index (χ4v) is 3.45. The van der Waals surface area contributed by atoms with Gasteiger partial charge in [0, 0.05) is 12.4 Å². The van der Waals surface area contributed by atoms with Crippen molar-refractivity contribution in [1.29, 1.82) is 0 Å². The lowest BCUT2D eigenvalue weighted by atomic mass is 10.1. The number of carbonyl (C=O) groups excluding carboxylic acids is 1. The molecule has 0 bridgehead atoms. The van der Waals surface area contributed by atoms with E-state index in [1.165, 1.54) is 19.4 Å². The van der Waals surface area contributed by atoms with Crippen molar-refractivity contribution in [3.63, 3.8) is 0 Å². The number of aromatic nitrogens is 1. The van der Waals surface area contributed by atoms with Gasteiger partial charge in [-0.15, -0.1) is 0 Å². The number of aromatic carboxylic acids is 1. The molecule has 4 aromatic rings. The summed E-state index contributed by atoms with van der Waals surface area (Å²) in [6.45, 7) is 0.182. The summed E-state index contributed by atoms with van der Waals surface area (Å²) < 4.78 is 13.1. The summed E-state index contributed by atoms with van der Waals surface area (Å²) in [5.74, 6) is -0.350. The van der Waals surface area contributed by atoms with Crippen LogP contribution in [0.1, 0.15) is 31.8 Å². The number of hydrogen-bond acceptors (Lipinski definition) is 5. The molecule has 0 radical (unpaired) electrons. The fraction of sp³-hybridized carbons (Fsp3) is 0.0741. The van der Waals surface area contributed by atoms with Crippen molar-refractivity contribution in [3.8, 4) is 17.2 Å². The summed E-state index contributed by atoms with van der Waals surface area (Å²) in [6.07, 6.45) is 5.25. The second-order valence-corrected chi connectivity index (χ2v) is 7.51. The highest BCUT2D eigenvalue weighted by Crippen LogP contribution is 2.28. The van der Waals surface area contributed by atoms with Crippen LogP contribution < -0.4 is 14.9 Å². The number of rotatable bonds is 9. The van der Waals surface area contributed by atoms with Crippen molar-refractivity contribution < 1.29 is 24.2 Å². The van der Waals surface area contributed by atoms with Gasteiger partial charge in [-0.25, -0.2) is 10.2 Å². The van der Waals surface area contributed by atoms with Crippen LogP contribution in [0.2, 0.25) is 0 Å². The minimum Gasteiger partial charge on any atom is -0.493 e. The van der Waals surface area contributed by atoms with E-state index in [1.54, 1.807) is 48.5 Å². The highest BCUT2D eigenvalue weighted by molar-refractivity contribution is 5.98. The molecular formula is C27H23N3O5. The number of carboxylic acids is 1. The van der Waals surface area contributed by atoms with E-state index in [2.05, 4.69) is 10.5 Å². The Hall–Kier alpha value is -4.85. The standard InChI is InChI=1S/C27H23N3O5/c1-34-25-16-19(11-12-24(25)35-18-20-7-6-8-21(15-20)27(32)33)17-28-29-26(31)22-9-2-3-10-23(22)30-13-4-5-14-30/h2-17H,18H2,1H3,(H,29,31)(H,32,33)/b28-17-. The molecule has 0 saturated heterocycles. The van der Waals surface area contributed by atoms with Crippen LogP contribution in [0, 0.1) is 0 Å². The number of nitrogens with one attached hydrogen (secondary N) is 1. The maximum Gasteiger partial charge on any atom is 0.335 e. The van der Waals surface area contributed by atoms with Crippen molar-refractivity contribution >= 4 is 18.1 Å². The molecule has 2 N–H and O–H groups in total. The van der Waals surface area contributed by atoms with Crippen molar-refractivity contribution in [1.82, 2.24) is 9.99 Å². The van der Waals surface area contributed by atoms with Crippen LogP contribution in [-0.2, 0) is 6.61 Å². The number of carboxylic acid groups (broad SMARTS) is 1. The van der Waals surface area contributed by atoms with Crippen LogP contribution in [0.15, 0.2) is 96.4 Å². The van der Waals surface area contributed by atoms with Gasteiger partial charge in [0.2, 0.25) is 0 Å². The number of carbonyl (C=O) groups is 2. The summed E-state index contributed by atoms with van der Waals surface area (Å²) in [4.78, 5) is 23.8. The van der Waals surface area contributed by atoms with Crippen LogP contribution in [0.3, 0.4) is 0 Å². The average molecular weight is 469 g/mol. The second kappa shape index (κ2) is 10.8. The Kier molecular flexibility index (Phi) is 7.22. The van der Waals surface area contributed by atoms with E-state index < -0.39 is 5.97 Å². The van der Waals surface area contributed by atoms with E-state index in [9.17, 15) is 9.59 Å². The predicted molar refractivity (Wildman–Crippen MR) is 132 cm³/mol. The molecule has 0 saturated carbocycles. The molecule has 8 heteroatoms. The Balaban J connectivity index is 1.42. The first-order chi connectivity index (χ1) is 17.0. The van der Waals surface area contributed by atoms with Crippen LogP contribution >= 0.6 is 0 Å². The van der Waals surface area contributed by atoms with E-state index in [0.29, 0.717) is 22.6 Å². The van der Waals surface area contributed by atoms with Crippen molar-refractivity contribution in [2.24, 2.45) is 5.10 Å². The summed E-state index contributed by atoms with van der Waals surface area (Å²) in [5.41, 5.74) is 5.42. The third kappa shape index (κ3) is 5.75. The number of hydrogen-bond donors (Lipinski definition) is 2. The highest BCUT2D eigenvalue weighted by atomic mass is 16.5. The Morgan fingerprint density at radius 2 is 1.77 bits per heavy atom. The van der Waals surface area contributed by atoms with Gasteiger partial charge in [0.25, 0.3) is 5.91 Å². The predicted octanol–water partition coefficient (Wildman–Crippen LogP) is 4.53. The van der Waals surface area contributed by atoms with Crippen LogP contribution in [0.4, 0.5) is 0 Å². The van der Waals surface area contributed by atoms with Gasteiger partial charge in [0.1, 0.15) is 6.61 Å². The van der Waals surface area contributed by atoms with Gasteiger partial charge >= 0.3 is 5.97 Å². The molecule has 0 unspecified atom stereocenters. The third-order valence-corrected chi connectivity index (χ3v) is 5.17. The van der Waals surface area contributed by atoms with Crippen molar-refractivity contribution in [3.05, 3.63) is 114 Å². The molecule has 0 fully saturated rings. The van der Waals surface area contributed by atoms with Gasteiger partial charge in [-0.05, 0) is 65.7 Å². The smallest absolute Gasteiger partial charge is 0.335 e. The lowest BCUT2D eigenvalue weighted by molar-refractivity contribution is 0.0696. The molecule has 0 atom stereocenters. The van der Waals surface area contributed by atoms with Crippen molar-refractivity contribution in [2.45, 2.75) is 6.61 Å². The van der Waals surface area contributed by atoms with Gasteiger partial charge in [-0.2, -0.15) is 5.10 Å². The molecule has 1 heterocycles. The summed E-state index contributed by atoms with van der Waals surface area (Å²) >= 11 is 0. The highest BCUT2D eigenvalue weighted by Gasteiger charge is 2.11. The van der Waals surface area contributed by atoms with E-state index in [-0.39, 0.29) is 18.1 Å². The molecule has 176 valence electrons. The molecule has 8 nitrogen and oxygen atoms in total. The van der Waals surface area contributed by atoms with Crippen LogP contribution in [0.5, 0.6) is 11.5 Å². The molecule has 35 heavy (non-hydrogen) atoms. The van der Waals surface area contributed by atoms with Gasteiger partial charge in [-0.1, -0.05) is 24.3 Å². The molecule has 0 spiro atoms. The van der Waals surface area contributed by atoms with E-state index in [4.69, 9.17) is 14.6 Å². The molecule has 0 aliphatic carbocycles. The number of methoxy groups -OCH3 is 1. The van der Waals surface area contributed by atoms with Crippen molar-refractivity contribution in [2.75, 3.05) is 7.11 Å². The fourth-order valence-electron chi connectivity index (χ4n) is 3.45. The number of para-hydroxylation sites is 1. The number of nitrogens with zero attached hydrogens (tertiary/aromatic N) is 2. The summed E-state index contributed by atoms with van der Waals surface area (Å²) in [7, 11) is 1.52. The molecule has 3 aromatic carbocycles. The lowest BCUT2D eigenvalue weighted by Crippen LogP contribution is -2.19. The first kappa shape index (κ1) is 23.3. The number of ether oxygens (including phenoxy) is 2. The van der Waals surface area contributed by atoms with Gasteiger partial charge < -0.3 is 19.1 Å². The minimum atomic E-state index is -0.992. The van der Waals surface area contributed by atoms with Crippen LogP contribution in [-0.4, -0.2) is 34.9 Å². The summed E-state index contributed by atoms with van der Waals surface area (Å²) in [6, 6.07) is 22.8.